The Hall–Kier alpha value is -3.43. The zero-order valence-corrected chi connectivity index (χ0v) is 19.1. The van der Waals surface area contributed by atoms with Crippen molar-refractivity contribution in [2.45, 2.75) is 18.9 Å². The minimum absolute atomic E-state index is 0.181. The molecule has 4 aromatic rings. The van der Waals surface area contributed by atoms with E-state index in [2.05, 4.69) is 19.7 Å². The summed E-state index contributed by atoms with van der Waals surface area (Å²) >= 11 is 6.25. The summed E-state index contributed by atoms with van der Waals surface area (Å²) in [4.78, 5) is 12.9. The maximum Gasteiger partial charge on any atom is 0.233 e. The first-order valence-electron chi connectivity index (χ1n) is 10.2. The van der Waals surface area contributed by atoms with Crippen molar-refractivity contribution in [1.82, 2.24) is 15.0 Å². The van der Waals surface area contributed by atoms with Gasteiger partial charge in [0.25, 0.3) is 0 Å². The van der Waals surface area contributed by atoms with E-state index in [1.807, 2.05) is 36.4 Å². The van der Waals surface area contributed by atoms with Gasteiger partial charge in [0.2, 0.25) is 15.9 Å². The second-order valence-electron chi connectivity index (χ2n) is 7.73. The SMILES string of the molecule is CS(=O)(=O)Nc1cnc2cc(-c3ccc(Oc4cnc(OC5CC5)c(Cl)c4)cc3)ccc2n1. The summed E-state index contributed by atoms with van der Waals surface area (Å²) in [5.74, 6) is 1.78. The molecule has 1 aliphatic carbocycles. The van der Waals surface area contributed by atoms with Gasteiger partial charge in [-0.2, -0.15) is 0 Å². The summed E-state index contributed by atoms with van der Waals surface area (Å²) in [5.41, 5.74) is 3.15. The van der Waals surface area contributed by atoms with Gasteiger partial charge in [-0.15, -0.1) is 0 Å². The first-order chi connectivity index (χ1) is 15.8. The topological polar surface area (TPSA) is 103 Å². The number of nitrogens with one attached hydrogen (secondary N) is 1. The Morgan fingerprint density at radius 2 is 1.70 bits per heavy atom. The van der Waals surface area contributed by atoms with Crippen LogP contribution < -0.4 is 14.2 Å². The molecule has 168 valence electrons. The second kappa shape index (κ2) is 8.49. The Labute approximate surface area is 195 Å². The van der Waals surface area contributed by atoms with E-state index in [-0.39, 0.29) is 11.9 Å². The van der Waals surface area contributed by atoms with Gasteiger partial charge in [-0.05, 0) is 48.2 Å². The van der Waals surface area contributed by atoms with Gasteiger partial charge in [0.15, 0.2) is 5.82 Å². The molecule has 0 bridgehead atoms. The maximum atomic E-state index is 11.4. The van der Waals surface area contributed by atoms with Crippen molar-refractivity contribution in [3.63, 3.8) is 0 Å². The van der Waals surface area contributed by atoms with Crippen molar-refractivity contribution in [2.75, 3.05) is 11.0 Å². The second-order valence-corrected chi connectivity index (χ2v) is 9.89. The van der Waals surface area contributed by atoms with Crippen LogP contribution in [0.5, 0.6) is 17.4 Å². The average Bonchev–Trinajstić information content (AvgIpc) is 3.59. The van der Waals surface area contributed by atoms with Crippen molar-refractivity contribution < 1.29 is 17.9 Å². The fourth-order valence-electron chi connectivity index (χ4n) is 3.18. The maximum absolute atomic E-state index is 11.4. The van der Waals surface area contributed by atoms with Crippen LogP contribution in [0.2, 0.25) is 5.02 Å². The first-order valence-corrected chi connectivity index (χ1v) is 12.4. The van der Waals surface area contributed by atoms with Crippen LogP contribution in [0.25, 0.3) is 22.2 Å². The lowest BCUT2D eigenvalue weighted by atomic mass is 10.0. The fourth-order valence-corrected chi connectivity index (χ4v) is 3.85. The van der Waals surface area contributed by atoms with Gasteiger partial charge in [-0.25, -0.2) is 18.4 Å². The fraction of sp³-hybridized carbons (Fsp3) is 0.174. The number of ether oxygens (including phenoxy) is 2. The predicted molar refractivity (Wildman–Crippen MR) is 126 cm³/mol. The number of hydrogen-bond donors (Lipinski definition) is 1. The third-order valence-electron chi connectivity index (χ3n) is 4.84. The van der Waals surface area contributed by atoms with Gasteiger partial charge in [0.05, 0.1) is 29.7 Å². The molecule has 1 aliphatic rings. The summed E-state index contributed by atoms with van der Waals surface area (Å²) < 4.78 is 36.6. The first kappa shape index (κ1) is 21.4. The Morgan fingerprint density at radius 1 is 0.939 bits per heavy atom. The lowest BCUT2D eigenvalue weighted by Crippen LogP contribution is -2.11. The van der Waals surface area contributed by atoms with Crippen molar-refractivity contribution in [3.05, 3.63) is 65.9 Å². The Morgan fingerprint density at radius 3 is 2.39 bits per heavy atom. The summed E-state index contributed by atoms with van der Waals surface area (Å²) in [6.45, 7) is 0. The van der Waals surface area contributed by atoms with Crippen molar-refractivity contribution >= 4 is 38.5 Å². The molecule has 0 amide bonds. The molecule has 0 aliphatic heterocycles. The summed E-state index contributed by atoms with van der Waals surface area (Å²) in [5, 5.41) is 0.420. The van der Waals surface area contributed by atoms with E-state index >= 15 is 0 Å². The number of anilines is 1. The molecular weight excluding hydrogens is 464 g/mol. The lowest BCUT2D eigenvalue weighted by molar-refractivity contribution is 0.290. The number of benzene rings is 2. The third kappa shape index (κ3) is 5.32. The van der Waals surface area contributed by atoms with E-state index in [0.29, 0.717) is 33.4 Å². The Balaban J connectivity index is 1.31. The summed E-state index contributed by atoms with van der Waals surface area (Å²) in [7, 11) is -3.41. The molecule has 0 atom stereocenters. The number of nitrogens with zero attached hydrogens (tertiary/aromatic N) is 3. The normalized spacial score (nSPS) is 13.6. The van der Waals surface area contributed by atoms with Gasteiger partial charge < -0.3 is 9.47 Å². The molecule has 33 heavy (non-hydrogen) atoms. The van der Waals surface area contributed by atoms with E-state index in [9.17, 15) is 8.42 Å². The standard InChI is InChI=1S/C23H19ClN4O4S/c1-33(29,30)28-22-13-25-21-10-15(4-9-20(21)27-22)14-2-5-16(6-3-14)31-18-11-19(24)23(26-12-18)32-17-7-8-17/h2-6,9-13,17H,7-8H2,1H3,(H,27,28). The van der Waals surface area contributed by atoms with Crippen LogP contribution in [0.3, 0.4) is 0 Å². The van der Waals surface area contributed by atoms with E-state index in [1.165, 1.54) is 6.20 Å². The molecule has 1 saturated carbocycles. The molecule has 2 aromatic heterocycles. The van der Waals surface area contributed by atoms with Crippen LogP contribution in [0, 0.1) is 0 Å². The molecular formula is C23H19ClN4O4S. The Bertz CT molecular complexity index is 1440. The van der Waals surface area contributed by atoms with Crippen LogP contribution in [0.1, 0.15) is 12.8 Å². The van der Waals surface area contributed by atoms with E-state index in [1.54, 1.807) is 18.3 Å². The number of pyridine rings is 1. The highest BCUT2D eigenvalue weighted by molar-refractivity contribution is 7.92. The number of hydrogen-bond acceptors (Lipinski definition) is 7. The molecule has 1 fully saturated rings. The van der Waals surface area contributed by atoms with E-state index < -0.39 is 10.0 Å². The number of rotatable bonds is 7. The number of fused-ring (bicyclic) bond motifs is 1. The van der Waals surface area contributed by atoms with Crippen molar-refractivity contribution in [2.24, 2.45) is 0 Å². The van der Waals surface area contributed by atoms with Gasteiger partial charge in [0.1, 0.15) is 22.6 Å². The highest BCUT2D eigenvalue weighted by Gasteiger charge is 2.25. The molecule has 0 saturated heterocycles. The summed E-state index contributed by atoms with van der Waals surface area (Å²) in [6.07, 6.45) is 6.35. The van der Waals surface area contributed by atoms with Gasteiger partial charge in [-0.3, -0.25) is 9.71 Å². The van der Waals surface area contributed by atoms with Gasteiger partial charge in [0, 0.05) is 6.07 Å². The largest absolute Gasteiger partial charge is 0.473 e. The smallest absolute Gasteiger partial charge is 0.233 e. The average molecular weight is 483 g/mol. The molecule has 10 heteroatoms. The predicted octanol–water partition coefficient (Wildman–Crippen LogP) is 5.05. The number of sulfonamides is 1. The minimum Gasteiger partial charge on any atom is -0.473 e. The van der Waals surface area contributed by atoms with Gasteiger partial charge >= 0.3 is 0 Å². The highest BCUT2D eigenvalue weighted by atomic mass is 35.5. The van der Waals surface area contributed by atoms with Crippen LogP contribution in [-0.4, -0.2) is 35.7 Å². The van der Waals surface area contributed by atoms with Gasteiger partial charge in [-0.1, -0.05) is 29.8 Å². The van der Waals surface area contributed by atoms with Crippen LogP contribution in [-0.2, 0) is 10.0 Å². The lowest BCUT2D eigenvalue weighted by Gasteiger charge is -2.10. The highest BCUT2D eigenvalue weighted by Crippen LogP contribution is 2.34. The zero-order valence-electron chi connectivity index (χ0n) is 17.5. The molecule has 0 radical (unpaired) electrons. The number of aromatic nitrogens is 3. The zero-order chi connectivity index (χ0) is 23.0. The van der Waals surface area contributed by atoms with Crippen LogP contribution in [0.4, 0.5) is 5.82 Å². The molecule has 0 unspecified atom stereocenters. The third-order valence-corrected chi connectivity index (χ3v) is 5.69. The van der Waals surface area contributed by atoms with Crippen molar-refractivity contribution in [1.29, 1.82) is 0 Å². The molecule has 2 aromatic carbocycles. The monoisotopic (exact) mass is 482 g/mol. The molecule has 8 nitrogen and oxygen atoms in total. The molecule has 5 rings (SSSR count). The molecule has 1 N–H and O–H groups in total. The van der Waals surface area contributed by atoms with Crippen LogP contribution >= 0.6 is 11.6 Å². The Kier molecular flexibility index (Phi) is 5.51. The molecule has 0 spiro atoms. The quantitative estimate of drug-likeness (QED) is 0.393. The number of halogens is 1. The van der Waals surface area contributed by atoms with E-state index in [4.69, 9.17) is 21.1 Å². The molecule has 2 heterocycles. The van der Waals surface area contributed by atoms with E-state index in [0.717, 1.165) is 30.2 Å². The van der Waals surface area contributed by atoms with Crippen LogP contribution in [0.15, 0.2) is 60.9 Å². The minimum atomic E-state index is -3.41. The summed E-state index contributed by atoms with van der Waals surface area (Å²) in [6, 6.07) is 14.9. The van der Waals surface area contributed by atoms with Crippen molar-refractivity contribution in [3.8, 4) is 28.5 Å².